The molecule has 0 radical (unpaired) electrons. The van der Waals surface area contributed by atoms with E-state index in [-0.39, 0.29) is 17.4 Å². The summed E-state index contributed by atoms with van der Waals surface area (Å²) in [5, 5.41) is 7.21. The second-order valence-corrected chi connectivity index (χ2v) is 7.77. The molecule has 3 rings (SSSR count). The predicted octanol–water partition coefficient (Wildman–Crippen LogP) is 2.86. The molecule has 1 aromatic heterocycles. The number of benzene rings is 1. The normalized spacial score (nSPS) is 16.8. The van der Waals surface area contributed by atoms with E-state index in [1.807, 2.05) is 39.0 Å². The van der Waals surface area contributed by atoms with E-state index in [4.69, 9.17) is 4.52 Å². The van der Waals surface area contributed by atoms with Crippen LogP contribution in [-0.2, 0) is 5.41 Å². The maximum atomic E-state index is 12.8. The average molecular weight is 342 g/mol. The van der Waals surface area contributed by atoms with E-state index in [0.29, 0.717) is 22.8 Å². The van der Waals surface area contributed by atoms with E-state index in [9.17, 15) is 4.79 Å². The Labute approximate surface area is 148 Å². The average Bonchev–Trinajstić information content (AvgIpc) is 3.07. The summed E-state index contributed by atoms with van der Waals surface area (Å²) in [6, 6.07) is 7.60. The lowest BCUT2D eigenvalue weighted by atomic mass is 9.96. The Balaban J connectivity index is 1.81. The summed E-state index contributed by atoms with van der Waals surface area (Å²) in [5.74, 6) is 0.938. The van der Waals surface area contributed by atoms with Crippen molar-refractivity contribution >= 4 is 5.91 Å². The van der Waals surface area contributed by atoms with Gasteiger partial charge >= 0.3 is 0 Å². The van der Waals surface area contributed by atoms with Crippen LogP contribution in [0.1, 0.15) is 49.8 Å². The summed E-state index contributed by atoms with van der Waals surface area (Å²) in [6.07, 6.45) is 1.94. The molecular weight excluding hydrogens is 316 g/mol. The monoisotopic (exact) mass is 342 g/mol. The largest absolute Gasteiger partial charge is 0.349 e. The van der Waals surface area contributed by atoms with Gasteiger partial charge in [0.2, 0.25) is 0 Å². The molecule has 6 heteroatoms. The standard InChI is InChI=1S/C19H26N4O2/c1-19(2,3)18-21-17(25-22-18)15-8-6-5-7-14(15)16(24)20-13-9-11-23(4)12-10-13/h5-8,13H,9-12H2,1-4H3,(H,20,24). The molecule has 134 valence electrons. The number of hydrogen-bond acceptors (Lipinski definition) is 5. The Morgan fingerprint density at radius 1 is 1.24 bits per heavy atom. The highest BCUT2D eigenvalue weighted by molar-refractivity contribution is 6.00. The highest BCUT2D eigenvalue weighted by Crippen LogP contribution is 2.26. The number of likely N-dealkylation sites (tertiary alicyclic amines) is 1. The van der Waals surface area contributed by atoms with Gasteiger partial charge in [0.1, 0.15) is 0 Å². The van der Waals surface area contributed by atoms with E-state index < -0.39 is 0 Å². The lowest BCUT2D eigenvalue weighted by Crippen LogP contribution is -2.43. The molecule has 2 aromatic rings. The SMILES string of the molecule is CN1CCC(NC(=O)c2ccccc2-c2nc(C(C)(C)C)no2)CC1. The van der Waals surface area contributed by atoms with Crippen molar-refractivity contribution in [2.45, 2.75) is 45.1 Å². The Kier molecular flexibility index (Phi) is 4.90. The Hall–Kier alpha value is -2.21. The van der Waals surface area contributed by atoms with Crippen molar-refractivity contribution in [1.82, 2.24) is 20.4 Å². The van der Waals surface area contributed by atoms with Crippen molar-refractivity contribution in [2.75, 3.05) is 20.1 Å². The molecule has 0 spiro atoms. The van der Waals surface area contributed by atoms with Gasteiger partial charge in [0, 0.05) is 11.5 Å². The lowest BCUT2D eigenvalue weighted by molar-refractivity contribution is 0.0917. The van der Waals surface area contributed by atoms with Crippen molar-refractivity contribution < 1.29 is 9.32 Å². The fourth-order valence-electron chi connectivity index (χ4n) is 2.92. The molecule has 1 aliphatic rings. The summed E-state index contributed by atoms with van der Waals surface area (Å²) in [7, 11) is 2.11. The molecule has 0 saturated carbocycles. The molecule has 1 amide bonds. The maximum Gasteiger partial charge on any atom is 0.258 e. The molecule has 6 nitrogen and oxygen atoms in total. The smallest absolute Gasteiger partial charge is 0.258 e. The molecule has 1 saturated heterocycles. The van der Waals surface area contributed by atoms with Crippen molar-refractivity contribution in [3.8, 4) is 11.5 Å². The molecule has 0 atom stereocenters. The quantitative estimate of drug-likeness (QED) is 0.929. The first-order valence-corrected chi connectivity index (χ1v) is 8.77. The van der Waals surface area contributed by atoms with Gasteiger partial charge < -0.3 is 14.7 Å². The summed E-state index contributed by atoms with van der Waals surface area (Å²) in [6.45, 7) is 8.09. The van der Waals surface area contributed by atoms with E-state index >= 15 is 0 Å². The Morgan fingerprint density at radius 2 is 1.92 bits per heavy atom. The Bertz CT molecular complexity index is 740. The van der Waals surface area contributed by atoms with Crippen LogP contribution in [0.4, 0.5) is 0 Å². The van der Waals surface area contributed by atoms with Gasteiger partial charge in [-0.1, -0.05) is 38.1 Å². The van der Waals surface area contributed by atoms with Gasteiger partial charge in [-0.2, -0.15) is 4.98 Å². The number of nitrogens with one attached hydrogen (secondary N) is 1. The molecule has 0 unspecified atom stereocenters. The third-order valence-corrected chi connectivity index (χ3v) is 4.55. The van der Waals surface area contributed by atoms with E-state index in [2.05, 4.69) is 27.4 Å². The number of carbonyl (C=O) groups is 1. The van der Waals surface area contributed by atoms with Gasteiger partial charge in [-0.3, -0.25) is 4.79 Å². The number of nitrogens with zero attached hydrogens (tertiary/aromatic N) is 3. The summed E-state index contributed by atoms with van der Waals surface area (Å²) >= 11 is 0. The summed E-state index contributed by atoms with van der Waals surface area (Å²) in [4.78, 5) is 19.5. The maximum absolute atomic E-state index is 12.8. The van der Waals surface area contributed by atoms with Crippen LogP contribution in [0.25, 0.3) is 11.5 Å². The zero-order valence-electron chi connectivity index (χ0n) is 15.4. The van der Waals surface area contributed by atoms with Crippen LogP contribution in [-0.4, -0.2) is 47.1 Å². The van der Waals surface area contributed by atoms with E-state index in [1.165, 1.54) is 0 Å². The fraction of sp³-hybridized carbons (Fsp3) is 0.526. The minimum atomic E-state index is -0.201. The van der Waals surface area contributed by atoms with Crippen molar-refractivity contribution in [2.24, 2.45) is 0 Å². The van der Waals surface area contributed by atoms with Crippen LogP contribution >= 0.6 is 0 Å². The molecule has 1 fully saturated rings. The molecule has 0 aliphatic carbocycles. The minimum Gasteiger partial charge on any atom is -0.349 e. The first kappa shape index (κ1) is 17.6. The summed E-state index contributed by atoms with van der Waals surface area (Å²) in [5.41, 5.74) is 1.05. The van der Waals surface area contributed by atoms with Gasteiger partial charge in [0.25, 0.3) is 11.8 Å². The van der Waals surface area contributed by atoms with Gasteiger partial charge in [0.05, 0.1) is 11.1 Å². The van der Waals surface area contributed by atoms with Gasteiger partial charge in [-0.05, 0) is 45.1 Å². The van der Waals surface area contributed by atoms with E-state index in [1.54, 1.807) is 6.07 Å². The van der Waals surface area contributed by atoms with Crippen LogP contribution in [0.3, 0.4) is 0 Å². The number of piperidine rings is 1. The van der Waals surface area contributed by atoms with Gasteiger partial charge in [0.15, 0.2) is 5.82 Å². The van der Waals surface area contributed by atoms with Crippen molar-refractivity contribution in [1.29, 1.82) is 0 Å². The second-order valence-electron chi connectivity index (χ2n) is 7.77. The van der Waals surface area contributed by atoms with Crippen LogP contribution in [0.2, 0.25) is 0 Å². The van der Waals surface area contributed by atoms with Gasteiger partial charge in [-0.25, -0.2) is 0 Å². The molecule has 25 heavy (non-hydrogen) atoms. The van der Waals surface area contributed by atoms with Crippen LogP contribution in [0, 0.1) is 0 Å². The van der Waals surface area contributed by atoms with Crippen LogP contribution < -0.4 is 5.32 Å². The second kappa shape index (κ2) is 6.96. The first-order valence-electron chi connectivity index (χ1n) is 8.77. The first-order chi connectivity index (χ1) is 11.8. The highest BCUT2D eigenvalue weighted by atomic mass is 16.5. The zero-order valence-corrected chi connectivity index (χ0v) is 15.4. The third kappa shape index (κ3) is 4.07. The molecule has 2 heterocycles. The number of rotatable bonds is 3. The number of hydrogen-bond donors (Lipinski definition) is 1. The van der Waals surface area contributed by atoms with Crippen LogP contribution in [0.15, 0.2) is 28.8 Å². The van der Waals surface area contributed by atoms with Gasteiger partial charge in [-0.15, -0.1) is 0 Å². The molecule has 1 N–H and O–H groups in total. The lowest BCUT2D eigenvalue weighted by Gasteiger charge is -2.29. The summed E-state index contributed by atoms with van der Waals surface area (Å²) < 4.78 is 5.42. The predicted molar refractivity (Wildman–Crippen MR) is 96.4 cm³/mol. The molecule has 1 aromatic carbocycles. The third-order valence-electron chi connectivity index (χ3n) is 4.55. The molecular formula is C19H26N4O2. The Morgan fingerprint density at radius 3 is 2.56 bits per heavy atom. The van der Waals surface area contributed by atoms with Crippen LogP contribution in [0.5, 0.6) is 0 Å². The number of carbonyl (C=O) groups excluding carboxylic acids is 1. The number of amides is 1. The highest BCUT2D eigenvalue weighted by Gasteiger charge is 2.25. The number of aromatic nitrogens is 2. The molecule has 0 bridgehead atoms. The van der Waals surface area contributed by atoms with Crippen molar-refractivity contribution in [3.05, 3.63) is 35.7 Å². The molecule has 1 aliphatic heterocycles. The zero-order chi connectivity index (χ0) is 18.0. The minimum absolute atomic E-state index is 0.0827. The van der Waals surface area contributed by atoms with E-state index in [0.717, 1.165) is 25.9 Å². The topological polar surface area (TPSA) is 71.3 Å². The fourth-order valence-corrected chi connectivity index (χ4v) is 2.92. The van der Waals surface area contributed by atoms with Crippen molar-refractivity contribution in [3.63, 3.8) is 0 Å².